The number of nitrogens with zero attached hydrogens (tertiary/aromatic N) is 6. The monoisotopic (exact) mass is 464 g/mol. The predicted octanol–water partition coefficient (Wildman–Crippen LogP) is 4.21. The number of aromatic nitrogens is 6. The first-order chi connectivity index (χ1) is 15.6. The molecule has 0 aliphatic heterocycles. The number of rotatable bonds is 6. The number of halogens is 2. The van der Waals surface area contributed by atoms with Crippen LogP contribution in [0.5, 0.6) is 0 Å². The van der Waals surface area contributed by atoms with Gasteiger partial charge < -0.3 is 0 Å². The van der Waals surface area contributed by atoms with Gasteiger partial charge in [-0.15, -0.1) is 0 Å². The molecule has 0 radical (unpaired) electrons. The van der Waals surface area contributed by atoms with Gasteiger partial charge in [-0.05, 0) is 48.2 Å². The fourth-order valence-corrected chi connectivity index (χ4v) is 5.35. The van der Waals surface area contributed by atoms with Gasteiger partial charge in [-0.1, -0.05) is 47.5 Å². The molecule has 7 nitrogen and oxygen atoms in total. The maximum atomic E-state index is 14.5. The summed E-state index contributed by atoms with van der Waals surface area (Å²) in [4.78, 5) is 22.7. The van der Waals surface area contributed by atoms with Crippen LogP contribution in [-0.2, 0) is 15.9 Å². The largest absolute Gasteiger partial charge is 0.294 e. The third-order valence-corrected chi connectivity index (χ3v) is 7.35. The highest BCUT2D eigenvalue weighted by atomic mass is 35.5. The van der Waals surface area contributed by atoms with Gasteiger partial charge in [0.25, 0.3) is 0 Å². The van der Waals surface area contributed by atoms with Crippen LogP contribution >= 0.6 is 23.2 Å². The molecule has 2 heterocycles. The van der Waals surface area contributed by atoms with E-state index in [0.29, 0.717) is 22.9 Å². The van der Waals surface area contributed by atoms with E-state index in [4.69, 9.17) is 23.2 Å². The van der Waals surface area contributed by atoms with Gasteiger partial charge in [-0.25, -0.2) is 19.3 Å². The van der Waals surface area contributed by atoms with Crippen LogP contribution in [0.2, 0.25) is 10.0 Å². The molecule has 2 saturated carbocycles. The summed E-state index contributed by atoms with van der Waals surface area (Å²) < 4.78 is 3.43. The molecule has 160 valence electrons. The van der Waals surface area contributed by atoms with Crippen molar-refractivity contribution in [3.63, 3.8) is 0 Å². The Hall–Kier alpha value is -3.03. The number of Topliss-reactive ketones (excluding diaryl/α,β-unsaturated/α-hetero) is 1. The summed E-state index contributed by atoms with van der Waals surface area (Å²) in [5.74, 6) is 0.0163. The normalized spacial score (nSPS) is 28.4. The number of hydrogen-bond donors (Lipinski definition) is 0. The summed E-state index contributed by atoms with van der Waals surface area (Å²) in [5, 5.41) is 10.1. The molecule has 0 amide bonds. The Morgan fingerprint density at radius 1 is 0.750 bits per heavy atom. The van der Waals surface area contributed by atoms with Crippen LogP contribution in [0.4, 0.5) is 0 Å². The quantitative estimate of drug-likeness (QED) is 0.426. The highest BCUT2D eigenvalue weighted by Crippen LogP contribution is 2.67. The minimum atomic E-state index is -0.836. The summed E-state index contributed by atoms with van der Waals surface area (Å²) in [6, 6.07) is 15.3. The van der Waals surface area contributed by atoms with E-state index in [-0.39, 0.29) is 17.6 Å². The summed E-state index contributed by atoms with van der Waals surface area (Å²) in [6.45, 7) is 0. The van der Waals surface area contributed by atoms with Crippen molar-refractivity contribution in [1.82, 2.24) is 29.5 Å². The van der Waals surface area contributed by atoms with Crippen LogP contribution in [0.15, 0.2) is 73.8 Å². The zero-order chi connectivity index (χ0) is 21.9. The Kier molecular flexibility index (Phi) is 4.29. The van der Waals surface area contributed by atoms with Crippen LogP contribution < -0.4 is 0 Å². The minimum absolute atomic E-state index is 0.0270. The Morgan fingerprint density at radius 2 is 1.16 bits per heavy atom. The standard InChI is InChI=1S/C23H18Cl2N6O/c24-17-5-1-15(2-6-17)19-9-22(19,30-13-26-11-28-30)21(32)23(31-14-27-12-29-31)10-20(23)16-3-7-18(25)8-4-16/h1-8,11-14,19-20H,9-10H2. The van der Waals surface area contributed by atoms with E-state index in [0.717, 1.165) is 11.1 Å². The maximum Gasteiger partial charge on any atom is 0.189 e. The van der Waals surface area contributed by atoms with Crippen molar-refractivity contribution >= 4 is 29.0 Å². The molecule has 4 atom stereocenters. The zero-order valence-electron chi connectivity index (χ0n) is 16.8. The average Bonchev–Trinajstić information content (AvgIpc) is 3.53. The molecule has 2 aliphatic rings. The second kappa shape index (κ2) is 6.98. The predicted molar refractivity (Wildman–Crippen MR) is 119 cm³/mol. The van der Waals surface area contributed by atoms with Crippen LogP contribution in [0.1, 0.15) is 35.8 Å². The Morgan fingerprint density at radius 3 is 1.50 bits per heavy atom. The molecule has 4 unspecified atom stereocenters. The molecule has 9 heteroatoms. The average molecular weight is 465 g/mol. The summed E-state index contributed by atoms with van der Waals surface area (Å²) in [5.41, 5.74) is 0.431. The van der Waals surface area contributed by atoms with E-state index in [1.165, 1.54) is 12.7 Å². The van der Waals surface area contributed by atoms with Gasteiger partial charge in [0.2, 0.25) is 0 Å². The minimum Gasteiger partial charge on any atom is -0.294 e. The van der Waals surface area contributed by atoms with E-state index in [2.05, 4.69) is 20.2 Å². The van der Waals surface area contributed by atoms with Crippen molar-refractivity contribution in [1.29, 1.82) is 0 Å². The number of hydrogen-bond acceptors (Lipinski definition) is 5. The van der Waals surface area contributed by atoms with Gasteiger partial charge >= 0.3 is 0 Å². The highest BCUT2D eigenvalue weighted by molar-refractivity contribution is 6.30. The Labute approximate surface area is 194 Å². The maximum absolute atomic E-state index is 14.5. The fraction of sp³-hybridized carbons (Fsp3) is 0.261. The van der Waals surface area contributed by atoms with Gasteiger partial charge in [-0.2, -0.15) is 10.2 Å². The first-order valence-electron chi connectivity index (χ1n) is 10.3. The third kappa shape index (κ3) is 2.77. The van der Waals surface area contributed by atoms with Crippen molar-refractivity contribution in [3.05, 3.63) is 95.0 Å². The van der Waals surface area contributed by atoms with Gasteiger partial charge in [0.15, 0.2) is 5.78 Å². The van der Waals surface area contributed by atoms with Gasteiger partial charge in [0.05, 0.1) is 0 Å². The van der Waals surface area contributed by atoms with E-state index in [1.807, 2.05) is 48.5 Å². The summed E-state index contributed by atoms with van der Waals surface area (Å²) in [6.07, 6.45) is 7.47. The number of carbonyl (C=O) groups excluding carboxylic acids is 1. The lowest BCUT2D eigenvalue weighted by Gasteiger charge is -2.25. The van der Waals surface area contributed by atoms with Crippen molar-refractivity contribution in [2.45, 2.75) is 35.8 Å². The molecule has 0 spiro atoms. The molecule has 2 aromatic carbocycles. The lowest BCUT2D eigenvalue weighted by Crippen LogP contribution is -2.43. The molecular formula is C23H18Cl2N6O. The lowest BCUT2D eigenvalue weighted by atomic mass is 9.92. The van der Waals surface area contributed by atoms with E-state index in [9.17, 15) is 4.79 Å². The van der Waals surface area contributed by atoms with Crippen LogP contribution in [-0.4, -0.2) is 35.3 Å². The Balaban J connectivity index is 1.45. The second-order valence-electron chi connectivity index (χ2n) is 8.47. The van der Waals surface area contributed by atoms with Crippen LogP contribution in [0.3, 0.4) is 0 Å². The Bertz CT molecular complexity index is 1170. The van der Waals surface area contributed by atoms with Crippen molar-refractivity contribution < 1.29 is 4.79 Å². The van der Waals surface area contributed by atoms with Crippen LogP contribution in [0.25, 0.3) is 0 Å². The molecule has 2 aromatic heterocycles. The van der Waals surface area contributed by atoms with Gasteiger partial charge in [0, 0.05) is 21.9 Å². The van der Waals surface area contributed by atoms with E-state index < -0.39 is 11.1 Å². The molecule has 32 heavy (non-hydrogen) atoms. The van der Waals surface area contributed by atoms with Gasteiger partial charge in [0.1, 0.15) is 36.4 Å². The van der Waals surface area contributed by atoms with Crippen molar-refractivity contribution in [2.75, 3.05) is 0 Å². The van der Waals surface area contributed by atoms with E-state index in [1.54, 1.807) is 22.0 Å². The SMILES string of the molecule is O=C(C1(n2cncn2)CC1c1ccc(Cl)cc1)C1(n2cncn2)CC1c1ccc(Cl)cc1. The highest BCUT2D eigenvalue weighted by Gasteiger charge is 2.74. The first-order valence-corrected chi connectivity index (χ1v) is 11.1. The first kappa shape index (κ1) is 19.6. The number of ketones is 1. The fourth-order valence-electron chi connectivity index (χ4n) is 5.10. The number of benzene rings is 2. The molecule has 0 saturated heterocycles. The molecule has 0 N–H and O–H groups in total. The molecule has 4 aromatic rings. The second-order valence-corrected chi connectivity index (χ2v) is 9.35. The third-order valence-electron chi connectivity index (χ3n) is 6.85. The van der Waals surface area contributed by atoms with Crippen molar-refractivity contribution in [3.8, 4) is 0 Å². The smallest absolute Gasteiger partial charge is 0.189 e. The molecule has 2 fully saturated rings. The lowest BCUT2D eigenvalue weighted by molar-refractivity contribution is -0.129. The summed E-state index contributed by atoms with van der Waals surface area (Å²) >= 11 is 12.2. The molecule has 2 aliphatic carbocycles. The van der Waals surface area contributed by atoms with Crippen molar-refractivity contribution in [2.24, 2.45) is 0 Å². The van der Waals surface area contributed by atoms with E-state index >= 15 is 0 Å². The van der Waals surface area contributed by atoms with Crippen LogP contribution in [0, 0.1) is 0 Å². The zero-order valence-corrected chi connectivity index (χ0v) is 18.4. The molecule has 6 rings (SSSR count). The topological polar surface area (TPSA) is 78.5 Å². The molecule has 0 bridgehead atoms. The summed E-state index contributed by atoms with van der Waals surface area (Å²) in [7, 11) is 0. The number of carbonyl (C=O) groups is 1. The molecular weight excluding hydrogens is 447 g/mol. The van der Waals surface area contributed by atoms with Gasteiger partial charge in [-0.3, -0.25) is 4.79 Å².